The Kier molecular flexibility index (Phi) is 5.91. The Labute approximate surface area is 155 Å². The van der Waals surface area contributed by atoms with Crippen LogP contribution in [0.3, 0.4) is 0 Å². The zero-order chi connectivity index (χ0) is 18.5. The molecule has 2 aromatic carbocycles. The molecule has 1 fully saturated rings. The van der Waals surface area contributed by atoms with Crippen LogP contribution in [0.2, 0.25) is 0 Å². The highest BCUT2D eigenvalue weighted by Gasteiger charge is 2.33. The van der Waals surface area contributed by atoms with Crippen LogP contribution in [-0.4, -0.2) is 25.1 Å². The van der Waals surface area contributed by atoms with Crippen LogP contribution in [0.1, 0.15) is 37.4 Å². The average Bonchev–Trinajstić information content (AvgIpc) is 3.13. The second-order valence-corrected chi connectivity index (χ2v) is 6.55. The third-order valence-electron chi connectivity index (χ3n) is 4.69. The van der Waals surface area contributed by atoms with Gasteiger partial charge in [-0.25, -0.2) is 10.9 Å². The van der Waals surface area contributed by atoms with Gasteiger partial charge in [-0.1, -0.05) is 24.3 Å². The van der Waals surface area contributed by atoms with Gasteiger partial charge in [0.2, 0.25) is 5.91 Å². The fraction of sp³-hybridized carbons (Fsp3) is 0.381. The Morgan fingerprint density at radius 3 is 2.58 bits per heavy atom. The zero-order valence-electron chi connectivity index (χ0n) is 15.7. The molecule has 1 aliphatic heterocycles. The van der Waals surface area contributed by atoms with Crippen LogP contribution in [-0.2, 0) is 4.79 Å². The average molecular weight is 353 g/mol. The number of anilines is 1. The quantitative estimate of drug-likeness (QED) is 0.836. The van der Waals surface area contributed by atoms with Crippen molar-refractivity contribution in [3.05, 3.63) is 59.7 Å². The van der Waals surface area contributed by atoms with Crippen molar-refractivity contribution in [3.63, 3.8) is 0 Å². The minimum Gasteiger partial charge on any atom is -0.494 e. The van der Waals surface area contributed by atoms with E-state index in [2.05, 4.69) is 23.0 Å². The molecule has 0 aromatic heterocycles. The second kappa shape index (κ2) is 8.34. The molecule has 1 amide bonds. The predicted octanol–water partition coefficient (Wildman–Crippen LogP) is 3.35. The number of likely N-dealkylation sites (N-methyl/N-ethyl adjacent to an activating group) is 1. The SMILES string of the molecule is CCOc1ccc(C2CC(C(=O)N(CC)c3cccc(C)c3)NN2)cc1. The van der Waals surface area contributed by atoms with Gasteiger partial charge in [-0.05, 0) is 62.6 Å². The Morgan fingerprint density at radius 2 is 1.92 bits per heavy atom. The molecule has 0 radical (unpaired) electrons. The molecule has 5 nitrogen and oxygen atoms in total. The van der Waals surface area contributed by atoms with Crippen LogP contribution < -0.4 is 20.5 Å². The van der Waals surface area contributed by atoms with E-state index in [9.17, 15) is 4.79 Å². The van der Waals surface area contributed by atoms with Gasteiger partial charge in [0.15, 0.2) is 0 Å². The van der Waals surface area contributed by atoms with Gasteiger partial charge < -0.3 is 9.64 Å². The van der Waals surface area contributed by atoms with E-state index in [0.717, 1.165) is 29.0 Å². The van der Waals surface area contributed by atoms with Gasteiger partial charge in [-0.2, -0.15) is 0 Å². The highest BCUT2D eigenvalue weighted by molar-refractivity contribution is 5.97. The van der Waals surface area contributed by atoms with Crippen LogP contribution in [0.4, 0.5) is 5.69 Å². The molecular weight excluding hydrogens is 326 g/mol. The number of amides is 1. The van der Waals surface area contributed by atoms with Gasteiger partial charge in [0.25, 0.3) is 0 Å². The maximum atomic E-state index is 13.0. The molecular formula is C21H27N3O2. The Morgan fingerprint density at radius 1 is 1.15 bits per heavy atom. The molecule has 1 saturated heterocycles. The van der Waals surface area contributed by atoms with Crippen LogP contribution in [0.25, 0.3) is 0 Å². The van der Waals surface area contributed by atoms with Crippen molar-refractivity contribution in [2.24, 2.45) is 0 Å². The van der Waals surface area contributed by atoms with Crippen molar-refractivity contribution in [2.45, 2.75) is 39.3 Å². The fourth-order valence-electron chi connectivity index (χ4n) is 3.35. The smallest absolute Gasteiger partial charge is 0.245 e. The number of hydrogen-bond donors (Lipinski definition) is 2. The molecule has 2 atom stereocenters. The lowest BCUT2D eigenvalue weighted by Gasteiger charge is -2.24. The number of nitrogens with one attached hydrogen (secondary N) is 2. The predicted molar refractivity (Wildman–Crippen MR) is 104 cm³/mol. The lowest BCUT2D eigenvalue weighted by Crippen LogP contribution is -2.45. The normalized spacial score (nSPS) is 19.3. The number of carbonyl (C=O) groups is 1. The summed E-state index contributed by atoms with van der Waals surface area (Å²) in [6, 6.07) is 16.0. The van der Waals surface area contributed by atoms with Crippen molar-refractivity contribution >= 4 is 11.6 Å². The molecule has 1 aliphatic rings. The van der Waals surface area contributed by atoms with Gasteiger partial charge >= 0.3 is 0 Å². The summed E-state index contributed by atoms with van der Waals surface area (Å²) < 4.78 is 5.49. The molecule has 1 heterocycles. The van der Waals surface area contributed by atoms with Crippen molar-refractivity contribution in [3.8, 4) is 5.75 Å². The third-order valence-corrected chi connectivity index (χ3v) is 4.69. The van der Waals surface area contributed by atoms with Crippen molar-refractivity contribution < 1.29 is 9.53 Å². The molecule has 2 aromatic rings. The van der Waals surface area contributed by atoms with E-state index in [1.165, 1.54) is 0 Å². The molecule has 2 unspecified atom stereocenters. The standard InChI is InChI=1S/C21H27N3O2/c1-4-24(17-8-6-7-15(3)13-17)21(25)20-14-19(22-23-20)16-9-11-18(12-10-16)26-5-2/h6-13,19-20,22-23H,4-5,14H2,1-3H3. The number of hydrogen-bond acceptors (Lipinski definition) is 4. The first-order valence-corrected chi connectivity index (χ1v) is 9.24. The van der Waals surface area contributed by atoms with E-state index in [-0.39, 0.29) is 18.0 Å². The summed E-state index contributed by atoms with van der Waals surface area (Å²) in [4.78, 5) is 14.8. The third kappa shape index (κ3) is 4.06. The van der Waals surface area contributed by atoms with Crippen LogP contribution in [0.15, 0.2) is 48.5 Å². The lowest BCUT2D eigenvalue weighted by atomic mass is 10.0. The van der Waals surface area contributed by atoms with E-state index in [4.69, 9.17) is 4.74 Å². The maximum Gasteiger partial charge on any atom is 0.245 e. The minimum absolute atomic E-state index is 0.0963. The first-order valence-electron chi connectivity index (χ1n) is 9.24. The van der Waals surface area contributed by atoms with E-state index in [1.54, 1.807) is 0 Å². The van der Waals surface area contributed by atoms with Crippen LogP contribution >= 0.6 is 0 Å². The lowest BCUT2D eigenvalue weighted by molar-refractivity contribution is -0.120. The van der Waals surface area contributed by atoms with E-state index < -0.39 is 0 Å². The summed E-state index contributed by atoms with van der Waals surface area (Å²) in [6.45, 7) is 7.32. The van der Waals surface area contributed by atoms with E-state index in [1.807, 2.05) is 62.1 Å². The summed E-state index contributed by atoms with van der Waals surface area (Å²) in [5, 5.41) is 0. The molecule has 26 heavy (non-hydrogen) atoms. The number of aryl methyl sites for hydroxylation is 1. The molecule has 138 valence electrons. The van der Waals surface area contributed by atoms with Gasteiger partial charge in [0.05, 0.1) is 6.61 Å². The van der Waals surface area contributed by atoms with Gasteiger partial charge in [-0.3, -0.25) is 4.79 Å². The summed E-state index contributed by atoms with van der Waals surface area (Å²) in [6.07, 6.45) is 0.717. The largest absolute Gasteiger partial charge is 0.494 e. The molecule has 2 N–H and O–H groups in total. The van der Waals surface area contributed by atoms with Gasteiger partial charge in [0, 0.05) is 18.3 Å². The molecule has 0 saturated carbocycles. The summed E-state index contributed by atoms with van der Waals surface area (Å²) in [5.41, 5.74) is 9.68. The van der Waals surface area contributed by atoms with Crippen LogP contribution in [0.5, 0.6) is 5.75 Å². The van der Waals surface area contributed by atoms with Gasteiger partial charge in [0.1, 0.15) is 11.8 Å². The van der Waals surface area contributed by atoms with Crippen molar-refractivity contribution in [2.75, 3.05) is 18.1 Å². The Balaban J connectivity index is 1.68. The summed E-state index contributed by atoms with van der Waals surface area (Å²) in [7, 11) is 0. The second-order valence-electron chi connectivity index (χ2n) is 6.55. The van der Waals surface area contributed by atoms with E-state index in [0.29, 0.717) is 13.2 Å². The number of carbonyl (C=O) groups excluding carboxylic acids is 1. The molecule has 5 heteroatoms. The van der Waals surface area contributed by atoms with Crippen molar-refractivity contribution in [1.29, 1.82) is 0 Å². The van der Waals surface area contributed by atoms with Crippen LogP contribution in [0, 0.1) is 6.92 Å². The Hall–Kier alpha value is -2.37. The summed E-state index contributed by atoms with van der Waals surface area (Å²) in [5.74, 6) is 0.963. The van der Waals surface area contributed by atoms with E-state index >= 15 is 0 Å². The molecule has 0 spiro atoms. The number of rotatable bonds is 6. The number of benzene rings is 2. The maximum absolute atomic E-state index is 13.0. The number of nitrogens with zero attached hydrogens (tertiary/aromatic N) is 1. The molecule has 0 aliphatic carbocycles. The summed E-state index contributed by atoms with van der Waals surface area (Å²) >= 11 is 0. The highest BCUT2D eigenvalue weighted by Crippen LogP contribution is 2.26. The first kappa shape index (κ1) is 18.4. The fourth-order valence-corrected chi connectivity index (χ4v) is 3.35. The number of hydrazine groups is 1. The topological polar surface area (TPSA) is 53.6 Å². The van der Waals surface area contributed by atoms with Gasteiger partial charge in [-0.15, -0.1) is 0 Å². The zero-order valence-corrected chi connectivity index (χ0v) is 15.7. The molecule has 0 bridgehead atoms. The Bertz CT molecular complexity index is 745. The minimum atomic E-state index is -0.243. The highest BCUT2D eigenvalue weighted by atomic mass is 16.5. The molecule has 3 rings (SSSR count). The first-order chi connectivity index (χ1) is 12.6. The number of ether oxygens (including phenoxy) is 1. The monoisotopic (exact) mass is 353 g/mol. The van der Waals surface area contributed by atoms with Crippen molar-refractivity contribution in [1.82, 2.24) is 10.9 Å².